The van der Waals surface area contributed by atoms with E-state index in [2.05, 4.69) is 27.7 Å². The van der Waals surface area contributed by atoms with E-state index in [9.17, 15) is 5.11 Å². The number of fused-ring (bicyclic) bond motifs is 5. The summed E-state index contributed by atoms with van der Waals surface area (Å²) in [4.78, 5) is 0. The molecule has 0 spiro atoms. The molecule has 0 aliphatic heterocycles. The summed E-state index contributed by atoms with van der Waals surface area (Å²) >= 11 is 0. The van der Waals surface area contributed by atoms with Crippen molar-refractivity contribution in [1.29, 1.82) is 0 Å². The van der Waals surface area contributed by atoms with E-state index in [-0.39, 0.29) is 6.10 Å². The van der Waals surface area contributed by atoms with Gasteiger partial charge in [0.15, 0.2) is 0 Å². The van der Waals surface area contributed by atoms with Gasteiger partial charge in [-0.2, -0.15) is 0 Å². The fraction of sp³-hybridized carbons (Fsp3) is 1.00. The minimum atomic E-state index is -0.127. The molecule has 4 saturated carbocycles. The van der Waals surface area contributed by atoms with Gasteiger partial charge in [-0.25, -0.2) is 0 Å². The highest BCUT2D eigenvalue weighted by atomic mass is 16.3. The highest BCUT2D eigenvalue weighted by Crippen LogP contribution is 2.68. The van der Waals surface area contributed by atoms with Crippen molar-refractivity contribution >= 4 is 0 Å². The molecule has 23 heavy (non-hydrogen) atoms. The third kappa shape index (κ3) is 2.21. The zero-order valence-electron chi connectivity index (χ0n) is 15.9. The standard InChI is InChI=1S/C22H38O/c1-14-13-19-17-9-8-16-7-5-6-11-21(16,3)18(17)10-12-22(19,4)20(14)15(2)23/h14-20,23H,5-13H2,1-4H3/t14-,15+,16-,17-,18+,19+,20-,21+,22+/m1/s1. The molecule has 0 amide bonds. The molecule has 0 aromatic rings. The van der Waals surface area contributed by atoms with Crippen molar-refractivity contribution < 1.29 is 5.11 Å². The predicted octanol–water partition coefficient (Wildman–Crippen LogP) is 5.66. The average molecular weight is 319 g/mol. The van der Waals surface area contributed by atoms with E-state index in [4.69, 9.17) is 0 Å². The lowest BCUT2D eigenvalue weighted by atomic mass is 9.45. The molecule has 1 N–H and O–H groups in total. The third-order valence-electron chi connectivity index (χ3n) is 9.54. The number of aliphatic hydroxyl groups is 1. The van der Waals surface area contributed by atoms with Crippen molar-refractivity contribution in [2.24, 2.45) is 46.3 Å². The normalized spacial score (nSPS) is 57.3. The van der Waals surface area contributed by atoms with Crippen molar-refractivity contribution in [2.75, 3.05) is 0 Å². The first-order valence-electron chi connectivity index (χ1n) is 10.6. The predicted molar refractivity (Wildman–Crippen MR) is 96.1 cm³/mol. The number of hydrogen-bond donors (Lipinski definition) is 1. The van der Waals surface area contributed by atoms with Crippen LogP contribution in [-0.4, -0.2) is 11.2 Å². The van der Waals surface area contributed by atoms with Crippen LogP contribution >= 0.6 is 0 Å². The Labute approximate surface area is 143 Å². The first-order valence-corrected chi connectivity index (χ1v) is 10.6. The van der Waals surface area contributed by atoms with Gasteiger partial charge < -0.3 is 5.11 Å². The Morgan fingerprint density at radius 2 is 1.70 bits per heavy atom. The monoisotopic (exact) mass is 318 g/mol. The van der Waals surface area contributed by atoms with Gasteiger partial charge in [0.05, 0.1) is 6.10 Å². The summed E-state index contributed by atoms with van der Waals surface area (Å²) in [6.07, 6.45) is 13.0. The minimum absolute atomic E-state index is 0.127. The fourth-order valence-electron chi connectivity index (χ4n) is 8.72. The topological polar surface area (TPSA) is 20.2 Å². The summed E-state index contributed by atoms with van der Waals surface area (Å²) in [5, 5.41) is 10.5. The van der Waals surface area contributed by atoms with Gasteiger partial charge in [0.2, 0.25) is 0 Å². The maximum Gasteiger partial charge on any atom is 0.0548 e. The zero-order valence-corrected chi connectivity index (χ0v) is 15.9. The van der Waals surface area contributed by atoms with Crippen LogP contribution < -0.4 is 0 Å². The SMILES string of the molecule is C[C@H](O)[C@H]1[C@H](C)C[C@H]2[C@@H]3CC[C@H]4CCCC[C@]4(C)[C@H]3CC[C@]12C. The minimum Gasteiger partial charge on any atom is -0.393 e. The Morgan fingerprint density at radius 1 is 0.913 bits per heavy atom. The van der Waals surface area contributed by atoms with Crippen LogP contribution in [0.4, 0.5) is 0 Å². The molecule has 0 saturated heterocycles. The van der Waals surface area contributed by atoms with E-state index in [1.54, 1.807) is 0 Å². The second-order valence-electron chi connectivity index (χ2n) is 10.4. The fourth-order valence-corrected chi connectivity index (χ4v) is 8.72. The zero-order chi connectivity index (χ0) is 16.4. The molecule has 0 bridgehead atoms. The van der Waals surface area contributed by atoms with Crippen LogP contribution in [0.3, 0.4) is 0 Å². The summed E-state index contributed by atoms with van der Waals surface area (Å²) in [5.74, 6) is 5.09. The van der Waals surface area contributed by atoms with Crippen LogP contribution in [0.25, 0.3) is 0 Å². The van der Waals surface area contributed by atoms with Gasteiger partial charge in [-0.1, -0.05) is 33.6 Å². The van der Waals surface area contributed by atoms with E-state index in [1.165, 1.54) is 57.8 Å². The Bertz CT molecular complexity index is 457. The van der Waals surface area contributed by atoms with E-state index in [1.807, 2.05) is 0 Å². The maximum absolute atomic E-state index is 10.5. The van der Waals surface area contributed by atoms with Gasteiger partial charge in [-0.15, -0.1) is 0 Å². The largest absolute Gasteiger partial charge is 0.393 e. The molecule has 132 valence electrons. The lowest BCUT2D eigenvalue weighted by molar-refractivity contribution is -0.119. The molecule has 9 atom stereocenters. The molecular weight excluding hydrogens is 280 g/mol. The Kier molecular flexibility index (Phi) is 3.91. The summed E-state index contributed by atoms with van der Waals surface area (Å²) in [5.41, 5.74) is 1.06. The lowest BCUT2D eigenvalue weighted by Gasteiger charge is -2.60. The van der Waals surface area contributed by atoms with Crippen molar-refractivity contribution in [3.05, 3.63) is 0 Å². The molecule has 4 aliphatic carbocycles. The van der Waals surface area contributed by atoms with Crippen LogP contribution in [0.1, 0.15) is 85.5 Å². The van der Waals surface area contributed by atoms with Crippen LogP contribution in [0, 0.1) is 46.3 Å². The molecular formula is C22H38O. The smallest absolute Gasteiger partial charge is 0.0548 e. The molecule has 0 unspecified atom stereocenters. The summed E-state index contributed by atoms with van der Waals surface area (Å²) in [6.45, 7) is 9.69. The van der Waals surface area contributed by atoms with Crippen molar-refractivity contribution in [1.82, 2.24) is 0 Å². The highest BCUT2D eigenvalue weighted by molar-refractivity contribution is 5.10. The molecule has 4 aliphatic rings. The van der Waals surface area contributed by atoms with Crippen molar-refractivity contribution in [2.45, 2.75) is 91.6 Å². The molecule has 0 aromatic carbocycles. The van der Waals surface area contributed by atoms with E-state index < -0.39 is 0 Å². The number of rotatable bonds is 1. The molecule has 0 radical (unpaired) electrons. The first kappa shape index (κ1) is 16.4. The first-order chi connectivity index (χ1) is 10.9. The van der Waals surface area contributed by atoms with Crippen LogP contribution in [0.2, 0.25) is 0 Å². The van der Waals surface area contributed by atoms with E-state index in [0.29, 0.717) is 22.7 Å². The molecule has 4 rings (SSSR count). The molecule has 1 nitrogen and oxygen atoms in total. The molecule has 0 heterocycles. The summed E-state index contributed by atoms with van der Waals surface area (Å²) in [7, 11) is 0. The molecule has 4 fully saturated rings. The van der Waals surface area contributed by atoms with Crippen LogP contribution in [0.5, 0.6) is 0 Å². The number of hydrogen-bond acceptors (Lipinski definition) is 1. The highest BCUT2D eigenvalue weighted by Gasteiger charge is 2.61. The van der Waals surface area contributed by atoms with Gasteiger partial charge in [0.25, 0.3) is 0 Å². The lowest BCUT2D eigenvalue weighted by Crippen LogP contribution is -2.53. The molecule has 1 heteroatoms. The maximum atomic E-state index is 10.5. The Balaban J connectivity index is 1.64. The van der Waals surface area contributed by atoms with Gasteiger partial charge in [0.1, 0.15) is 0 Å². The summed E-state index contributed by atoms with van der Waals surface area (Å²) in [6, 6.07) is 0. The van der Waals surface area contributed by atoms with Crippen LogP contribution in [0.15, 0.2) is 0 Å². The second-order valence-corrected chi connectivity index (χ2v) is 10.4. The van der Waals surface area contributed by atoms with Gasteiger partial charge in [-0.3, -0.25) is 0 Å². The third-order valence-corrected chi connectivity index (χ3v) is 9.54. The van der Waals surface area contributed by atoms with Gasteiger partial charge in [-0.05, 0) is 98.2 Å². The van der Waals surface area contributed by atoms with Gasteiger partial charge in [0, 0.05) is 0 Å². The number of aliphatic hydroxyl groups excluding tert-OH is 1. The van der Waals surface area contributed by atoms with Crippen LogP contribution in [-0.2, 0) is 0 Å². The Hall–Kier alpha value is -0.0400. The van der Waals surface area contributed by atoms with E-state index >= 15 is 0 Å². The van der Waals surface area contributed by atoms with E-state index in [0.717, 1.165) is 23.7 Å². The van der Waals surface area contributed by atoms with Crippen molar-refractivity contribution in [3.63, 3.8) is 0 Å². The quantitative estimate of drug-likeness (QED) is 0.661. The van der Waals surface area contributed by atoms with Crippen molar-refractivity contribution in [3.8, 4) is 0 Å². The average Bonchev–Trinajstić information content (AvgIpc) is 2.77. The second kappa shape index (κ2) is 5.48. The summed E-state index contributed by atoms with van der Waals surface area (Å²) < 4.78 is 0. The van der Waals surface area contributed by atoms with Gasteiger partial charge >= 0.3 is 0 Å². The molecule has 0 aromatic heterocycles. The Morgan fingerprint density at radius 3 is 2.43 bits per heavy atom.